The maximum Gasteiger partial charge on any atom is 0.274 e. The van der Waals surface area contributed by atoms with Gasteiger partial charge in [0, 0.05) is 37.3 Å². The van der Waals surface area contributed by atoms with E-state index in [-0.39, 0.29) is 17.5 Å². The van der Waals surface area contributed by atoms with E-state index in [9.17, 15) is 14.4 Å². The monoisotopic (exact) mass is 521 g/mol. The van der Waals surface area contributed by atoms with Gasteiger partial charge in [0.05, 0.1) is 16.8 Å². The number of rotatable bonds is 6. The van der Waals surface area contributed by atoms with Crippen molar-refractivity contribution in [2.75, 3.05) is 20.1 Å². The van der Waals surface area contributed by atoms with Crippen LogP contribution >= 0.6 is 11.6 Å². The molecule has 0 radical (unpaired) electrons. The van der Waals surface area contributed by atoms with Gasteiger partial charge in [-0.1, -0.05) is 18.2 Å². The minimum absolute atomic E-state index is 0.175. The number of likely N-dealkylation sites (N-methyl/N-ethyl adjacent to an activating group) is 1. The van der Waals surface area contributed by atoms with Crippen LogP contribution in [0.2, 0.25) is 5.15 Å². The average molecular weight is 522 g/mol. The molecule has 1 amide bonds. The fourth-order valence-corrected chi connectivity index (χ4v) is 4.85. The van der Waals surface area contributed by atoms with Gasteiger partial charge in [0.1, 0.15) is 28.6 Å². The van der Waals surface area contributed by atoms with Crippen LogP contribution in [0.5, 0.6) is 0 Å². The van der Waals surface area contributed by atoms with Crippen molar-refractivity contribution in [3.05, 3.63) is 70.7 Å². The van der Waals surface area contributed by atoms with E-state index in [1.54, 1.807) is 29.6 Å². The summed E-state index contributed by atoms with van der Waals surface area (Å²) < 4.78 is 18.2. The highest BCUT2D eigenvalue weighted by molar-refractivity contribution is 6.34. The van der Waals surface area contributed by atoms with E-state index in [4.69, 9.17) is 16.6 Å². The second-order valence-electron chi connectivity index (χ2n) is 9.10. The van der Waals surface area contributed by atoms with Gasteiger partial charge in [-0.2, -0.15) is 10.4 Å². The molecule has 4 rings (SSSR count). The van der Waals surface area contributed by atoms with Crippen molar-refractivity contribution < 1.29 is 9.18 Å². The average Bonchev–Trinajstić information content (AvgIpc) is 3.39. The predicted molar refractivity (Wildman–Crippen MR) is 143 cm³/mol. The number of carbonyl (C=O) groups excluding carboxylic acids is 1. The van der Waals surface area contributed by atoms with Gasteiger partial charge < -0.3 is 10.2 Å². The van der Waals surface area contributed by atoms with Crippen LogP contribution in [0.25, 0.3) is 22.2 Å². The molecule has 1 fully saturated rings. The van der Waals surface area contributed by atoms with E-state index in [0.29, 0.717) is 46.7 Å². The van der Waals surface area contributed by atoms with Crippen LogP contribution in [0.3, 0.4) is 0 Å². The van der Waals surface area contributed by atoms with Gasteiger partial charge >= 0.3 is 0 Å². The van der Waals surface area contributed by atoms with Crippen LogP contribution in [0, 0.1) is 18.3 Å². The van der Waals surface area contributed by atoms with Crippen molar-refractivity contribution >= 4 is 34.0 Å². The highest BCUT2D eigenvalue weighted by atomic mass is 35.5. The number of benzene rings is 1. The Morgan fingerprint density at radius 3 is 2.84 bits per heavy atom. The molecule has 1 aliphatic heterocycles. The maximum absolute atomic E-state index is 14.8. The first-order valence-electron chi connectivity index (χ1n) is 12.0. The molecule has 0 unspecified atom stereocenters. The molecule has 8 nitrogen and oxygen atoms in total. The number of hydrogen-bond donors (Lipinski definition) is 1. The molecule has 1 aliphatic rings. The summed E-state index contributed by atoms with van der Waals surface area (Å²) in [6.45, 7) is 8.25. The first kappa shape index (κ1) is 26.3. The number of imidazole rings is 1. The number of aryl methyl sites for hydroxylation is 1. The Morgan fingerprint density at radius 2 is 2.16 bits per heavy atom. The third kappa shape index (κ3) is 4.95. The zero-order valence-electron chi connectivity index (χ0n) is 21.3. The van der Waals surface area contributed by atoms with Gasteiger partial charge in [-0.15, -0.1) is 0 Å². The highest BCUT2D eigenvalue weighted by Crippen LogP contribution is 2.30. The SMILES string of the molecule is C=C/C(C#N)=C(F)\C=C(/C)c1nc(C(=O)N2CCC[C@@H](NC)C2)c(C)n1-c1ccc2nn(C)c(Cl)c2c1. The quantitative estimate of drug-likeness (QED) is 0.368. The zero-order chi connectivity index (χ0) is 26.9. The molecule has 0 aliphatic carbocycles. The second kappa shape index (κ2) is 10.7. The lowest BCUT2D eigenvalue weighted by molar-refractivity contribution is 0.0692. The number of halogens is 2. The number of nitrogens with zero attached hydrogens (tertiary/aromatic N) is 6. The van der Waals surface area contributed by atoms with Gasteiger partial charge in [-0.05, 0) is 69.7 Å². The van der Waals surface area contributed by atoms with Crippen molar-refractivity contribution in [1.82, 2.24) is 29.5 Å². The molecule has 0 spiro atoms. The Hall–Kier alpha value is -3.74. The smallest absolute Gasteiger partial charge is 0.274 e. The van der Waals surface area contributed by atoms with Crippen molar-refractivity contribution in [2.24, 2.45) is 7.05 Å². The van der Waals surface area contributed by atoms with Crippen LogP contribution in [-0.2, 0) is 7.05 Å². The lowest BCUT2D eigenvalue weighted by Crippen LogP contribution is -2.47. The topological polar surface area (TPSA) is 91.8 Å². The first-order chi connectivity index (χ1) is 17.7. The number of allylic oxidation sites excluding steroid dienone is 5. The lowest BCUT2D eigenvalue weighted by Gasteiger charge is -2.32. The molecule has 1 aromatic carbocycles. The van der Waals surface area contributed by atoms with Crippen LogP contribution in [0.15, 0.2) is 48.3 Å². The zero-order valence-corrected chi connectivity index (χ0v) is 22.1. The fourth-order valence-electron chi connectivity index (χ4n) is 4.66. The predicted octanol–water partition coefficient (Wildman–Crippen LogP) is 4.88. The number of fused-ring (bicyclic) bond motifs is 1. The number of piperidine rings is 1. The standard InChI is InChI=1S/C27H29ClFN7O/c1-6-18(14-30)22(29)12-16(2)26-32-24(27(37)35-11-7-8-19(15-35)31-4)17(3)36(26)20-9-10-23-21(13-20)25(28)34(5)33-23/h6,9-10,12-13,19,31H,1,7-8,11,15H2,2-5H3/b16-12+,22-18-/t19-/m1/s1. The number of hydrogen-bond acceptors (Lipinski definition) is 5. The minimum Gasteiger partial charge on any atom is -0.336 e. The largest absolute Gasteiger partial charge is 0.336 e. The van der Waals surface area contributed by atoms with E-state index in [2.05, 4.69) is 17.0 Å². The summed E-state index contributed by atoms with van der Waals surface area (Å²) in [6, 6.07) is 7.59. The number of carbonyl (C=O) groups is 1. The summed E-state index contributed by atoms with van der Waals surface area (Å²) >= 11 is 6.47. The van der Waals surface area contributed by atoms with E-state index in [1.165, 1.54) is 12.2 Å². The molecule has 2 aromatic heterocycles. The summed E-state index contributed by atoms with van der Waals surface area (Å²) in [5, 5.41) is 18.1. The van der Waals surface area contributed by atoms with Crippen molar-refractivity contribution in [1.29, 1.82) is 5.26 Å². The van der Waals surface area contributed by atoms with Gasteiger partial charge in [-0.3, -0.25) is 14.0 Å². The Morgan fingerprint density at radius 1 is 1.41 bits per heavy atom. The number of nitriles is 1. The molecule has 0 saturated carbocycles. The van der Waals surface area contributed by atoms with Crippen LogP contribution in [0.4, 0.5) is 4.39 Å². The maximum atomic E-state index is 14.8. The molecule has 37 heavy (non-hydrogen) atoms. The molecule has 1 N–H and O–H groups in total. The molecule has 10 heteroatoms. The third-order valence-electron chi connectivity index (χ3n) is 6.71. The Kier molecular flexibility index (Phi) is 7.62. The van der Waals surface area contributed by atoms with Gasteiger partial charge in [-0.25, -0.2) is 9.37 Å². The number of likely N-dealkylation sites (tertiary alicyclic amines) is 1. The normalized spacial score (nSPS) is 17.1. The fraction of sp³-hybridized carbons (Fsp3) is 0.333. The first-order valence-corrected chi connectivity index (χ1v) is 12.4. The number of aromatic nitrogens is 4. The molecule has 1 atom stereocenters. The Labute approximate surface area is 220 Å². The number of amides is 1. The molecule has 192 valence electrons. The van der Waals surface area contributed by atoms with Crippen LogP contribution in [0.1, 0.15) is 41.8 Å². The van der Waals surface area contributed by atoms with Crippen molar-refractivity contribution in [2.45, 2.75) is 32.7 Å². The lowest BCUT2D eigenvalue weighted by atomic mass is 10.1. The summed E-state index contributed by atoms with van der Waals surface area (Å²) in [6.07, 6.45) is 4.30. The highest BCUT2D eigenvalue weighted by Gasteiger charge is 2.29. The van der Waals surface area contributed by atoms with Crippen LogP contribution < -0.4 is 5.32 Å². The molecule has 1 saturated heterocycles. The Balaban J connectivity index is 1.89. The summed E-state index contributed by atoms with van der Waals surface area (Å²) in [5.74, 6) is -0.516. The molecule has 3 aromatic rings. The van der Waals surface area contributed by atoms with Crippen LogP contribution in [-0.4, -0.2) is 56.3 Å². The summed E-state index contributed by atoms with van der Waals surface area (Å²) in [5.41, 5.74) is 2.61. The summed E-state index contributed by atoms with van der Waals surface area (Å²) in [7, 11) is 3.66. The summed E-state index contributed by atoms with van der Waals surface area (Å²) in [4.78, 5) is 20.1. The molecular formula is C27H29ClFN7O. The molecule has 3 heterocycles. The van der Waals surface area contributed by atoms with Crippen molar-refractivity contribution in [3.8, 4) is 11.8 Å². The van der Waals surface area contributed by atoms with E-state index < -0.39 is 5.83 Å². The molecule has 0 bridgehead atoms. The van der Waals surface area contributed by atoms with Gasteiger partial charge in [0.25, 0.3) is 5.91 Å². The van der Waals surface area contributed by atoms with Gasteiger partial charge in [0.2, 0.25) is 0 Å². The number of nitrogens with one attached hydrogen (secondary N) is 1. The van der Waals surface area contributed by atoms with Crippen molar-refractivity contribution in [3.63, 3.8) is 0 Å². The third-order valence-corrected chi connectivity index (χ3v) is 7.16. The second-order valence-corrected chi connectivity index (χ2v) is 9.46. The Bertz CT molecular complexity index is 1490. The van der Waals surface area contributed by atoms with E-state index in [0.717, 1.165) is 23.7 Å². The minimum atomic E-state index is -0.728. The van der Waals surface area contributed by atoms with E-state index >= 15 is 0 Å². The van der Waals surface area contributed by atoms with Gasteiger partial charge in [0.15, 0.2) is 0 Å². The van der Waals surface area contributed by atoms with E-state index in [1.807, 2.05) is 36.7 Å². The molecular weight excluding hydrogens is 493 g/mol.